The lowest BCUT2D eigenvalue weighted by Gasteiger charge is -2.18. The molecule has 0 aliphatic rings. The third-order valence-electron chi connectivity index (χ3n) is 3.61. The largest absolute Gasteiger partial charge is 0.491 e. The summed E-state index contributed by atoms with van der Waals surface area (Å²) in [5.74, 6) is 0.832. The van der Waals surface area contributed by atoms with E-state index in [2.05, 4.69) is 24.4 Å². The van der Waals surface area contributed by atoms with Crippen LogP contribution < -0.4 is 10.1 Å². The summed E-state index contributed by atoms with van der Waals surface area (Å²) in [5, 5.41) is 13.4. The molecule has 22 heavy (non-hydrogen) atoms. The molecule has 2 rings (SSSR count). The van der Waals surface area contributed by atoms with Crippen molar-refractivity contribution >= 4 is 0 Å². The third-order valence-corrected chi connectivity index (χ3v) is 3.61. The van der Waals surface area contributed by atoms with Crippen LogP contribution in [0.4, 0.5) is 0 Å². The molecule has 0 radical (unpaired) electrons. The molecule has 3 heteroatoms. The lowest BCUT2D eigenvalue weighted by atomic mass is 10.1. The zero-order chi connectivity index (χ0) is 15.8. The van der Waals surface area contributed by atoms with Gasteiger partial charge in [-0.2, -0.15) is 0 Å². The summed E-state index contributed by atoms with van der Waals surface area (Å²) in [5.41, 5.74) is 2.38. The van der Waals surface area contributed by atoms with Crippen molar-refractivity contribution < 1.29 is 9.84 Å². The Morgan fingerprint density at radius 2 is 1.73 bits per heavy atom. The second-order valence-electron chi connectivity index (χ2n) is 5.73. The van der Waals surface area contributed by atoms with Gasteiger partial charge in [0, 0.05) is 12.6 Å². The van der Waals surface area contributed by atoms with Crippen molar-refractivity contribution in [1.29, 1.82) is 0 Å². The fourth-order valence-electron chi connectivity index (χ4n) is 2.34. The van der Waals surface area contributed by atoms with Crippen LogP contribution in [0, 0.1) is 6.92 Å². The SMILES string of the molecule is Cc1ccccc1OC[C@H](O)CN[C@H](C)Cc1ccccc1. The topological polar surface area (TPSA) is 41.5 Å². The van der Waals surface area contributed by atoms with Gasteiger partial charge in [-0.15, -0.1) is 0 Å². The monoisotopic (exact) mass is 299 g/mol. The molecule has 0 bridgehead atoms. The van der Waals surface area contributed by atoms with E-state index in [1.807, 2.05) is 49.4 Å². The highest BCUT2D eigenvalue weighted by Crippen LogP contribution is 2.16. The van der Waals surface area contributed by atoms with E-state index < -0.39 is 6.10 Å². The predicted octanol–water partition coefficient (Wildman–Crippen LogP) is 2.96. The Morgan fingerprint density at radius 3 is 2.45 bits per heavy atom. The van der Waals surface area contributed by atoms with Gasteiger partial charge >= 0.3 is 0 Å². The molecule has 3 nitrogen and oxygen atoms in total. The molecule has 0 amide bonds. The lowest BCUT2D eigenvalue weighted by molar-refractivity contribution is 0.104. The Hall–Kier alpha value is -1.84. The van der Waals surface area contributed by atoms with Crippen molar-refractivity contribution in [3.8, 4) is 5.75 Å². The highest BCUT2D eigenvalue weighted by molar-refractivity contribution is 5.31. The summed E-state index contributed by atoms with van der Waals surface area (Å²) < 4.78 is 5.66. The highest BCUT2D eigenvalue weighted by atomic mass is 16.5. The Kier molecular flexibility index (Phi) is 6.44. The first-order valence-electron chi connectivity index (χ1n) is 7.79. The summed E-state index contributed by atoms with van der Waals surface area (Å²) in [7, 11) is 0. The van der Waals surface area contributed by atoms with Gasteiger partial charge in [0.15, 0.2) is 0 Å². The van der Waals surface area contributed by atoms with Gasteiger partial charge in [-0.3, -0.25) is 0 Å². The smallest absolute Gasteiger partial charge is 0.122 e. The van der Waals surface area contributed by atoms with E-state index >= 15 is 0 Å². The number of hydrogen-bond donors (Lipinski definition) is 2. The van der Waals surface area contributed by atoms with E-state index in [0.29, 0.717) is 19.2 Å². The molecule has 0 aliphatic heterocycles. The first-order chi connectivity index (χ1) is 10.6. The molecular weight excluding hydrogens is 274 g/mol. The zero-order valence-electron chi connectivity index (χ0n) is 13.3. The molecular formula is C19H25NO2. The van der Waals surface area contributed by atoms with Crippen LogP contribution in [0.2, 0.25) is 0 Å². The molecule has 0 heterocycles. The van der Waals surface area contributed by atoms with Gasteiger partial charge in [-0.1, -0.05) is 48.5 Å². The average molecular weight is 299 g/mol. The predicted molar refractivity (Wildman–Crippen MR) is 90.3 cm³/mol. The summed E-state index contributed by atoms with van der Waals surface area (Å²) in [6.07, 6.45) is 0.435. The van der Waals surface area contributed by atoms with Gasteiger partial charge in [0.1, 0.15) is 18.5 Å². The number of aliphatic hydroxyl groups is 1. The first-order valence-corrected chi connectivity index (χ1v) is 7.79. The summed E-state index contributed by atoms with van der Waals surface area (Å²) in [6.45, 7) is 4.96. The Bertz CT molecular complexity index is 556. The lowest BCUT2D eigenvalue weighted by Crippen LogP contribution is -2.37. The normalized spacial score (nSPS) is 13.6. The fraction of sp³-hybridized carbons (Fsp3) is 0.368. The standard InChI is InChI=1S/C19H25NO2/c1-15-8-6-7-11-19(15)22-14-18(21)13-20-16(2)12-17-9-4-3-5-10-17/h3-11,16,18,20-21H,12-14H2,1-2H3/t16-,18-/m1/s1. The van der Waals surface area contributed by atoms with Crippen molar-refractivity contribution in [2.24, 2.45) is 0 Å². The molecule has 0 spiro atoms. The second-order valence-corrected chi connectivity index (χ2v) is 5.73. The number of para-hydroxylation sites is 1. The van der Waals surface area contributed by atoms with Crippen LogP contribution >= 0.6 is 0 Å². The number of hydrogen-bond acceptors (Lipinski definition) is 3. The molecule has 0 unspecified atom stereocenters. The Labute approximate surface area is 133 Å². The van der Waals surface area contributed by atoms with E-state index in [1.165, 1.54) is 5.56 Å². The van der Waals surface area contributed by atoms with Crippen LogP contribution in [0.5, 0.6) is 5.75 Å². The van der Waals surface area contributed by atoms with Crippen molar-refractivity contribution in [1.82, 2.24) is 5.32 Å². The van der Waals surface area contributed by atoms with Crippen molar-refractivity contribution in [2.45, 2.75) is 32.4 Å². The highest BCUT2D eigenvalue weighted by Gasteiger charge is 2.09. The maximum absolute atomic E-state index is 10.0. The van der Waals surface area contributed by atoms with Gasteiger partial charge in [0.2, 0.25) is 0 Å². The van der Waals surface area contributed by atoms with Gasteiger partial charge in [-0.05, 0) is 37.5 Å². The minimum atomic E-state index is -0.516. The molecule has 2 N–H and O–H groups in total. The molecule has 2 aromatic carbocycles. The van der Waals surface area contributed by atoms with Crippen LogP contribution in [0.3, 0.4) is 0 Å². The van der Waals surface area contributed by atoms with Crippen LogP contribution in [0.15, 0.2) is 54.6 Å². The molecule has 0 fully saturated rings. The second kappa shape index (κ2) is 8.57. The number of ether oxygens (including phenoxy) is 1. The number of rotatable bonds is 8. The van der Waals surface area contributed by atoms with E-state index in [9.17, 15) is 5.11 Å². The van der Waals surface area contributed by atoms with Crippen molar-refractivity contribution in [3.05, 3.63) is 65.7 Å². The van der Waals surface area contributed by atoms with Crippen LogP contribution in [0.1, 0.15) is 18.1 Å². The minimum Gasteiger partial charge on any atom is -0.491 e. The Morgan fingerprint density at radius 1 is 1.05 bits per heavy atom. The van der Waals surface area contributed by atoms with Crippen molar-refractivity contribution in [2.75, 3.05) is 13.2 Å². The Balaban J connectivity index is 1.69. The maximum atomic E-state index is 10.0. The number of aryl methyl sites for hydroxylation is 1. The summed E-state index contributed by atoms with van der Waals surface area (Å²) in [6, 6.07) is 18.5. The van der Waals surface area contributed by atoms with Crippen LogP contribution in [0.25, 0.3) is 0 Å². The van der Waals surface area contributed by atoms with E-state index in [4.69, 9.17) is 4.74 Å². The number of aliphatic hydroxyl groups excluding tert-OH is 1. The summed E-state index contributed by atoms with van der Waals surface area (Å²) >= 11 is 0. The van der Waals surface area contributed by atoms with Gasteiger partial charge in [0.05, 0.1) is 0 Å². The summed E-state index contributed by atoms with van der Waals surface area (Å²) in [4.78, 5) is 0. The van der Waals surface area contributed by atoms with Gasteiger partial charge in [-0.25, -0.2) is 0 Å². The molecule has 0 aromatic heterocycles. The molecule has 0 aliphatic carbocycles. The zero-order valence-corrected chi connectivity index (χ0v) is 13.3. The third kappa shape index (κ3) is 5.51. The first kappa shape index (κ1) is 16.5. The average Bonchev–Trinajstić information content (AvgIpc) is 2.53. The van der Waals surface area contributed by atoms with Crippen LogP contribution in [-0.2, 0) is 6.42 Å². The maximum Gasteiger partial charge on any atom is 0.122 e. The van der Waals surface area contributed by atoms with Crippen molar-refractivity contribution in [3.63, 3.8) is 0 Å². The van der Waals surface area contributed by atoms with E-state index in [-0.39, 0.29) is 0 Å². The molecule has 118 valence electrons. The molecule has 0 saturated heterocycles. The van der Waals surface area contributed by atoms with E-state index in [0.717, 1.165) is 17.7 Å². The van der Waals surface area contributed by atoms with Gasteiger partial charge < -0.3 is 15.2 Å². The van der Waals surface area contributed by atoms with Crippen LogP contribution in [-0.4, -0.2) is 30.4 Å². The quantitative estimate of drug-likeness (QED) is 0.787. The molecule has 2 aromatic rings. The van der Waals surface area contributed by atoms with E-state index in [1.54, 1.807) is 0 Å². The fourth-order valence-corrected chi connectivity index (χ4v) is 2.34. The minimum absolute atomic E-state index is 0.301. The van der Waals surface area contributed by atoms with Gasteiger partial charge in [0.25, 0.3) is 0 Å². The number of nitrogens with one attached hydrogen (secondary N) is 1. The molecule has 0 saturated carbocycles. The number of benzene rings is 2. The molecule has 2 atom stereocenters.